The molecule has 1 aliphatic heterocycles. The molecule has 0 aromatic heterocycles. The first kappa shape index (κ1) is 15.2. The molecule has 21 heavy (non-hydrogen) atoms. The summed E-state index contributed by atoms with van der Waals surface area (Å²) in [5, 5.41) is 11.5. The smallest absolute Gasteiger partial charge is 0.328 e. The van der Waals surface area contributed by atoms with Gasteiger partial charge in [0, 0.05) is 13.1 Å². The van der Waals surface area contributed by atoms with Gasteiger partial charge in [-0.15, -0.1) is 0 Å². The predicted octanol–water partition coefficient (Wildman–Crippen LogP) is 0.960. The second-order valence-corrected chi connectivity index (χ2v) is 4.53. The number of urea groups is 1. The molecule has 0 saturated carbocycles. The summed E-state index contributed by atoms with van der Waals surface area (Å²) < 4.78 is 30.8. The third-order valence-corrected chi connectivity index (χ3v) is 3.10. The van der Waals surface area contributed by atoms with Crippen molar-refractivity contribution in [1.82, 2.24) is 10.2 Å². The Balaban J connectivity index is 1.96. The fraction of sp³-hybridized carbons (Fsp3) is 0.385. The highest BCUT2D eigenvalue weighted by molar-refractivity contribution is 5.83. The molecule has 114 valence electrons. The van der Waals surface area contributed by atoms with Crippen LogP contribution in [0.25, 0.3) is 0 Å². The monoisotopic (exact) mass is 300 g/mol. The molecule has 2 N–H and O–H groups in total. The maximum atomic E-state index is 13.0. The van der Waals surface area contributed by atoms with Gasteiger partial charge in [0.15, 0.2) is 17.7 Å². The van der Waals surface area contributed by atoms with Crippen molar-refractivity contribution >= 4 is 12.0 Å². The number of carbonyl (C=O) groups is 2. The van der Waals surface area contributed by atoms with E-state index in [0.29, 0.717) is 5.56 Å². The lowest BCUT2D eigenvalue weighted by molar-refractivity contribution is -0.147. The predicted molar refractivity (Wildman–Crippen MR) is 67.5 cm³/mol. The van der Waals surface area contributed by atoms with Crippen molar-refractivity contribution in [2.24, 2.45) is 0 Å². The number of carboxylic acids is 1. The number of amides is 2. The molecule has 1 aromatic rings. The number of halogens is 2. The summed E-state index contributed by atoms with van der Waals surface area (Å²) in [5.41, 5.74) is 0.377. The molecule has 1 unspecified atom stereocenters. The van der Waals surface area contributed by atoms with E-state index in [1.54, 1.807) is 0 Å². The number of aliphatic carboxylic acids is 1. The summed E-state index contributed by atoms with van der Waals surface area (Å²) in [5.74, 6) is -3.13. The van der Waals surface area contributed by atoms with E-state index >= 15 is 0 Å². The molecule has 2 amide bonds. The van der Waals surface area contributed by atoms with Crippen molar-refractivity contribution in [2.45, 2.75) is 12.6 Å². The van der Waals surface area contributed by atoms with Crippen molar-refractivity contribution in [1.29, 1.82) is 0 Å². The topological polar surface area (TPSA) is 78.9 Å². The number of nitrogens with zero attached hydrogens (tertiary/aromatic N) is 1. The zero-order chi connectivity index (χ0) is 15.4. The summed E-state index contributed by atoms with van der Waals surface area (Å²) in [6, 6.07) is 1.64. The molecular weight excluding hydrogens is 286 g/mol. The summed E-state index contributed by atoms with van der Waals surface area (Å²) >= 11 is 0. The number of hydrogen-bond acceptors (Lipinski definition) is 3. The molecule has 1 saturated heterocycles. The Labute approximate surface area is 119 Å². The largest absolute Gasteiger partial charge is 0.480 e. The van der Waals surface area contributed by atoms with Gasteiger partial charge < -0.3 is 20.1 Å². The van der Waals surface area contributed by atoms with Crippen molar-refractivity contribution in [3.05, 3.63) is 35.4 Å². The van der Waals surface area contributed by atoms with Gasteiger partial charge in [0.05, 0.1) is 13.2 Å². The van der Waals surface area contributed by atoms with Gasteiger partial charge in [-0.1, -0.05) is 6.07 Å². The third kappa shape index (κ3) is 3.66. The molecule has 0 aliphatic carbocycles. The number of morpholine rings is 1. The Kier molecular flexibility index (Phi) is 4.69. The van der Waals surface area contributed by atoms with Gasteiger partial charge in [-0.2, -0.15) is 0 Å². The van der Waals surface area contributed by atoms with Crippen LogP contribution >= 0.6 is 0 Å². The molecule has 1 fully saturated rings. The quantitative estimate of drug-likeness (QED) is 0.871. The molecule has 2 rings (SSSR count). The van der Waals surface area contributed by atoms with Crippen LogP contribution in [0.1, 0.15) is 5.56 Å². The second-order valence-electron chi connectivity index (χ2n) is 4.53. The second kappa shape index (κ2) is 6.49. The lowest BCUT2D eigenvalue weighted by Crippen LogP contribution is -2.55. The van der Waals surface area contributed by atoms with Crippen LogP contribution in [0.15, 0.2) is 18.2 Å². The highest BCUT2D eigenvalue weighted by Crippen LogP contribution is 2.10. The molecule has 8 heteroatoms. The summed E-state index contributed by atoms with van der Waals surface area (Å²) in [4.78, 5) is 24.1. The van der Waals surface area contributed by atoms with Crippen LogP contribution in [-0.4, -0.2) is 47.8 Å². The van der Waals surface area contributed by atoms with Crippen LogP contribution in [0.3, 0.4) is 0 Å². The van der Waals surface area contributed by atoms with Gasteiger partial charge in [0.25, 0.3) is 0 Å². The minimum absolute atomic E-state index is 0.0280. The fourth-order valence-electron chi connectivity index (χ4n) is 1.98. The Morgan fingerprint density at radius 3 is 2.81 bits per heavy atom. The molecule has 1 aliphatic rings. The van der Waals surface area contributed by atoms with Gasteiger partial charge in [-0.25, -0.2) is 18.4 Å². The lowest BCUT2D eigenvalue weighted by Gasteiger charge is -2.32. The highest BCUT2D eigenvalue weighted by Gasteiger charge is 2.32. The Bertz CT molecular complexity index is 553. The number of carboxylic acid groups (broad SMARTS) is 1. The summed E-state index contributed by atoms with van der Waals surface area (Å²) in [6.07, 6.45) is 0. The van der Waals surface area contributed by atoms with Crippen molar-refractivity contribution in [3.63, 3.8) is 0 Å². The minimum atomic E-state index is -1.15. The average molecular weight is 300 g/mol. The van der Waals surface area contributed by atoms with E-state index in [4.69, 9.17) is 9.84 Å². The molecule has 0 spiro atoms. The van der Waals surface area contributed by atoms with E-state index in [0.717, 1.165) is 17.0 Å². The maximum Gasteiger partial charge on any atom is 0.328 e. The molecule has 1 aromatic carbocycles. The minimum Gasteiger partial charge on any atom is -0.480 e. The highest BCUT2D eigenvalue weighted by atomic mass is 19.2. The number of nitrogens with one attached hydrogen (secondary N) is 1. The van der Waals surface area contributed by atoms with E-state index in [1.165, 1.54) is 6.07 Å². The van der Waals surface area contributed by atoms with Crippen LogP contribution in [0.5, 0.6) is 0 Å². The first-order valence-corrected chi connectivity index (χ1v) is 6.28. The lowest BCUT2D eigenvalue weighted by atomic mass is 10.2. The fourth-order valence-corrected chi connectivity index (χ4v) is 1.98. The van der Waals surface area contributed by atoms with Crippen LogP contribution in [-0.2, 0) is 16.1 Å². The first-order chi connectivity index (χ1) is 9.99. The van der Waals surface area contributed by atoms with Crippen LogP contribution in [0.2, 0.25) is 0 Å². The summed E-state index contributed by atoms with van der Waals surface area (Å²) in [6.45, 7) is 0.302. The Morgan fingerprint density at radius 1 is 1.38 bits per heavy atom. The molecule has 6 nitrogen and oxygen atoms in total. The number of carbonyl (C=O) groups excluding carboxylic acids is 1. The van der Waals surface area contributed by atoms with Gasteiger partial charge in [0.1, 0.15) is 0 Å². The number of hydrogen-bond donors (Lipinski definition) is 2. The molecule has 0 bridgehead atoms. The zero-order valence-corrected chi connectivity index (χ0v) is 11.0. The van der Waals surface area contributed by atoms with E-state index in [9.17, 15) is 18.4 Å². The Morgan fingerprint density at radius 2 is 2.14 bits per heavy atom. The SMILES string of the molecule is O=C(O)C1COCCN1C(=O)NCc1ccc(F)c(F)c1. The molecular formula is C13H14F2N2O4. The molecule has 0 radical (unpaired) electrons. The van der Waals surface area contributed by atoms with Crippen LogP contribution in [0.4, 0.5) is 13.6 Å². The van der Waals surface area contributed by atoms with E-state index in [1.807, 2.05) is 0 Å². The first-order valence-electron chi connectivity index (χ1n) is 6.28. The van der Waals surface area contributed by atoms with E-state index < -0.39 is 29.7 Å². The maximum absolute atomic E-state index is 13.0. The van der Waals surface area contributed by atoms with Crippen molar-refractivity contribution < 1.29 is 28.2 Å². The van der Waals surface area contributed by atoms with Gasteiger partial charge in [-0.3, -0.25) is 0 Å². The van der Waals surface area contributed by atoms with Crippen LogP contribution < -0.4 is 5.32 Å². The van der Waals surface area contributed by atoms with Gasteiger partial charge >= 0.3 is 12.0 Å². The van der Waals surface area contributed by atoms with Gasteiger partial charge in [-0.05, 0) is 17.7 Å². The van der Waals surface area contributed by atoms with Gasteiger partial charge in [0.2, 0.25) is 0 Å². The van der Waals surface area contributed by atoms with Crippen LogP contribution in [0, 0.1) is 11.6 Å². The number of ether oxygens (including phenoxy) is 1. The number of rotatable bonds is 3. The van der Waals surface area contributed by atoms with E-state index in [2.05, 4.69) is 5.32 Å². The molecule has 1 atom stereocenters. The third-order valence-electron chi connectivity index (χ3n) is 3.10. The normalized spacial score (nSPS) is 18.4. The average Bonchev–Trinajstić information content (AvgIpc) is 2.48. The summed E-state index contributed by atoms with van der Waals surface area (Å²) in [7, 11) is 0. The standard InChI is InChI=1S/C13H14F2N2O4/c14-9-2-1-8(5-10(9)15)6-16-13(20)17-3-4-21-7-11(17)12(18)19/h1-2,5,11H,3-4,6-7H2,(H,16,20)(H,18,19). The van der Waals surface area contributed by atoms with E-state index in [-0.39, 0.29) is 26.3 Å². The number of benzene rings is 1. The Hall–Kier alpha value is -2.22. The van der Waals surface area contributed by atoms with Crippen molar-refractivity contribution in [2.75, 3.05) is 19.8 Å². The molecule has 1 heterocycles. The zero-order valence-electron chi connectivity index (χ0n) is 11.0. The van der Waals surface area contributed by atoms with Crippen molar-refractivity contribution in [3.8, 4) is 0 Å².